The van der Waals surface area contributed by atoms with E-state index >= 15 is 0 Å². The number of nitrogens with one attached hydrogen (secondary N) is 1. The van der Waals surface area contributed by atoms with E-state index in [0.717, 1.165) is 13.0 Å². The lowest BCUT2D eigenvalue weighted by atomic mass is 10.1. The summed E-state index contributed by atoms with van der Waals surface area (Å²) < 4.78 is 29.1. The first-order valence-electron chi connectivity index (χ1n) is 6.82. The van der Waals surface area contributed by atoms with Crippen LogP contribution in [0.2, 0.25) is 0 Å². The van der Waals surface area contributed by atoms with E-state index in [9.17, 15) is 4.39 Å². The summed E-state index contributed by atoms with van der Waals surface area (Å²) in [6.45, 7) is 4.62. The molecule has 1 rings (SSSR count). The average Bonchev–Trinajstić information content (AvgIpc) is 2.45. The number of hydrogen-bond donors (Lipinski definition) is 1. The van der Waals surface area contributed by atoms with Gasteiger partial charge in [-0.2, -0.15) is 0 Å². The van der Waals surface area contributed by atoms with Crippen LogP contribution in [0.3, 0.4) is 0 Å². The molecule has 0 radical (unpaired) electrons. The van der Waals surface area contributed by atoms with Crippen molar-refractivity contribution in [2.45, 2.75) is 19.4 Å². The molecule has 0 saturated heterocycles. The van der Waals surface area contributed by atoms with Gasteiger partial charge in [0.05, 0.1) is 20.3 Å². The number of hydrogen-bond acceptors (Lipinski definition) is 4. The second-order valence-corrected chi connectivity index (χ2v) is 4.52. The molecule has 1 aromatic carbocycles. The number of benzene rings is 1. The third-order valence-electron chi connectivity index (χ3n) is 3.02. The molecule has 0 saturated carbocycles. The topological polar surface area (TPSA) is 39.7 Å². The van der Waals surface area contributed by atoms with Crippen LogP contribution in [0.5, 0.6) is 5.75 Å². The Bertz CT molecular complexity index is 387. The van der Waals surface area contributed by atoms with Crippen molar-refractivity contribution in [3.63, 3.8) is 0 Å². The summed E-state index contributed by atoms with van der Waals surface area (Å²) >= 11 is 0. The molecule has 114 valence electrons. The van der Waals surface area contributed by atoms with Crippen LogP contribution >= 0.6 is 0 Å². The molecule has 0 aliphatic carbocycles. The van der Waals surface area contributed by atoms with Crippen LogP contribution in [-0.4, -0.2) is 40.6 Å². The van der Waals surface area contributed by atoms with Gasteiger partial charge in [-0.05, 0) is 26.0 Å². The van der Waals surface area contributed by atoms with Gasteiger partial charge in [-0.3, -0.25) is 0 Å². The van der Waals surface area contributed by atoms with E-state index in [4.69, 9.17) is 14.2 Å². The van der Waals surface area contributed by atoms with Crippen LogP contribution in [-0.2, 0) is 9.47 Å². The quantitative estimate of drug-likeness (QED) is 0.671. The van der Waals surface area contributed by atoms with E-state index in [-0.39, 0.29) is 11.9 Å². The third kappa shape index (κ3) is 5.86. The molecule has 5 heteroatoms. The summed E-state index contributed by atoms with van der Waals surface area (Å²) in [6.07, 6.45) is 0.881. The molecule has 0 amide bonds. The molecule has 1 aromatic rings. The summed E-state index contributed by atoms with van der Waals surface area (Å²) in [4.78, 5) is 0. The molecule has 1 N–H and O–H groups in total. The Morgan fingerprint density at radius 1 is 1.20 bits per heavy atom. The largest absolute Gasteiger partial charge is 0.497 e. The van der Waals surface area contributed by atoms with E-state index in [2.05, 4.69) is 5.32 Å². The summed E-state index contributed by atoms with van der Waals surface area (Å²) in [5.74, 6) is 0.283. The summed E-state index contributed by atoms with van der Waals surface area (Å²) in [5.41, 5.74) is 0.645. The maximum absolute atomic E-state index is 13.8. The highest BCUT2D eigenvalue weighted by Gasteiger charge is 2.10. The number of halogens is 1. The van der Waals surface area contributed by atoms with Gasteiger partial charge in [-0.15, -0.1) is 0 Å². The van der Waals surface area contributed by atoms with Crippen molar-refractivity contribution in [3.8, 4) is 5.75 Å². The number of methoxy groups -OCH3 is 2. The highest BCUT2D eigenvalue weighted by atomic mass is 19.1. The fraction of sp³-hybridized carbons (Fsp3) is 0.600. The molecule has 1 unspecified atom stereocenters. The molecule has 0 spiro atoms. The Morgan fingerprint density at radius 2 is 2.00 bits per heavy atom. The fourth-order valence-electron chi connectivity index (χ4n) is 1.83. The van der Waals surface area contributed by atoms with E-state index < -0.39 is 0 Å². The van der Waals surface area contributed by atoms with Crippen molar-refractivity contribution >= 4 is 0 Å². The standard InChI is InChI=1S/C15H24FNO3/c1-12(17-7-4-8-20-10-9-18-2)14-6-5-13(19-3)11-15(14)16/h5-6,11-12,17H,4,7-10H2,1-3H3. The lowest BCUT2D eigenvalue weighted by Gasteiger charge is -2.15. The maximum Gasteiger partial charge on any atom is 0.131 e. The smallest absolute Gasteiger partial charge is 0.131 e. The number of rotatable bonds is 10. The lowest BCUT2D eigenvalue weighted by Crippen LogP contribution is -2.22. The van der Waals surface area contributed by atoms with Gasteiger partial charge in [-0.1, -0.05) is 6.07 Å². The van der Waals surface area contributed by atoms with Gasteiger partial charge in [0.1, 0.15) is 11.6 Å². The second-order valence-electron chi connectivity index (χ2n) is 4.52. The zero-order chi connectivity index (χ0) is 14.8. The van der Waals surface area contributed by atoms with Crippen LogP contribution < -0.4 is 10.1 Å². The van der Waals surface area contributed by atoms with Gasteiger partial charge in [0.25, 0.3) is 0 Å². The van der Waals surface area contributed by atoms with Crippen molar-refractivity contribution in [3.05, 3.63) is 29.6 Å². The highest BCUT2D eigenvalue weighted by molar-refractivity contribution is 5.30. The molecule has 0 bridgehead atoms. The molecule has 4 nitrogen and oxygen atoms in total. The molecule has 0 aliphatic rings. The maximum atomic E-state index is 13.8. The third-order valence-corrected chi connectivity index (χ3v) is 3.02. The van der Waals surface area contributed by atoms with Crippen molar-refractivity contribution in [2.75, 3.05) is 40.6 Å². The SMILES string of the molecule is COCCOCCCNC(C)c1ccc(OC)cc1F. The average molecular weight is 285 g/mol. The molecule has 1 atom stereocenters. The first-order valence-corrected chi connectivity index (χ1v) is 6.82. The van der Waals surface area contributed by atoms with E-state index in [1.54, 1.807) is 19.2 Å². The minimum atomic E-state index is -0.249. The Labute approximate surface area is 120 Å². The van der Waals surface area contributed by atoms with Crippen molar-refractivity contribution in [2.24, 2.45) is 0 Å². The summed E-state index contributed by atoms with van der Waals surface area (Å²) in [6, 6.07) is 4.88. The Balaban J connectivity index is 2.27. The Kier molecular flexibility index (Phi) is 8.18. The first-order chi connectivity index (χ1) is 9.69. The Hall–Kier alpha value is -1.17. The van der Waals surface area contributed by atoms with Gasteiger partial charge >= 0.3 is 0 Å². The van der Waals surface area contributed by atoms with E-state index in [1.165, 1.54) is 13.2 Å². The highest BCUT2D eigenvalue weighted by Crippen LogP contribution is 2.21. The van der Waals surface area contributed by atoms with Crippen LogP contribution in [0, 0.1) is 5.82 Å². The van der Waals surface area contributed by atoms with E-state index in [1.807, 2.05) is 6.92 Å². The predicted octanol–water partition coefficient (Wildman–Crippen LogP) is 2.54. The monoisotopic (exact) mass is 285 g/mol. The number of ether oxygens (including phenoxy) is 3. The predicted molar refractivity (Wildman–Crippen MR) is 76.7 cm³/mol. The minimum Gasteiger partial charge on any atom is -0.497 e. The van der Waals surface area contributed by atoms with Gasteiger partial charge in [0, 0.05) is 31.4 Å². The van der Waals surface area contributed by atoms with Crippen molar-refractivity contribution in [1.29, 1.82) is 0 Å². The van der Waals surface area contributed by atoms with E-state index in [0.29, 0.717) is 31.1 Å². The van der Waals surface area contributed by atoms with Crippen LogP contribution in [0.25, 0.3) is 0 Å². The zero-order valence-electron chi connectivity index (χ0n) is 12.4. The molecular weight excluding hydrogens is 261 g/mol. The molecule has 0 heterocycles. The van der Waals surface area contributed by atoms with Gasteiger partial charge in [-0.25, -0.2) is 4.39 Å². The van der Waals surface area contributed by atoms with Gasteiger partial charge < -0.3 is 19.5 Å². The summed E-state index contributed by atoms with van der Waals surface area (Å²) in [5, 5.41) is 3.28. The molecule has 0 aliphatic heterocycles. The van der Waals surface area contributed by atoms with Crippen molar-refractivity contribution < 1.29 is 18.6 Å². The van der Waals surface area contributed by atoms with Crippen LogP contribution in [0.4, 0.5) is 4.39 Å². The lowest BCUT2D eigenvalue weighted by molar-refractivity contribution is 0.0693. The summed E-state index contributed by atoms with van der Waals surface area (Å²) in [7, 11) is 3.18. The van der Waals surface area contributed by atoms with Gasteiger partial charge in [0.2, 0.25) is 0 Å². The normalized spacial score (nSPS) is 12.4. The molecular formula is C15H24FNO3. The fourth-order valence-corrected chi connectivity index (χ4v) is 1.83. The Morgan fingerprint density at radius 3 is 2.65 bits per heavy atom. The molecule has 0 fully saturated rings. The van der Waals surface area contributed by atoms with Crippen molar-refractivity contribution in [1.82, 2.24) is 5.32 Å². The van der Waals surface area contributed by atoms with Crippen LogP contribution in [0.1, 0.15) is 24.9 Å². The zero-order valence-corrected chi connectivity index (χ0v) is 12.4. The van der Waals surface area contributed by atoms with Crippen LogP contribution in [0.15, 0.2) is 18.2 Å². The van der Waals surface area contributed by atoms with Gasteiger partial charge in [0.15, 0.2) is 0 Å². The molecule has 0 aromatic heterocycles. The first kappa shape index (κ1) is 16.9. The molecule has 20 heavy (non-hydrogen) atoms. The second kappa shape index (κ2) is 9.69. The minimum absolute atomic E-state index is 0.0418.